The largest absolute Gasteiger partial charge is 0.462 e. The Hall–Kier alpha value is -3.70. The van der Waals surface area contributed by atoms with Gasteiger partial charge in [0, 0.05) is 18.5 Å². The highest BCUT2D eigenvalue weighted by atomic mass is 16.3. The van der Waals surface area contributed by atoms with E-state index >= 15 is 0 Å². The van der Waals surface area contributed by atoms with Gasteiger partial charge in [0.2, 0.25) is 0 Å². The van der Waals surface area contributed by atoms with Crippen LogP contribution in [0.15, 0.2) is 88.0 Å². The summed E-state index contributed by atoms with van der Waals surface area (Å²) < 4.78 is 4.61. The number of aryl methyl sites for hydroxylation is 4. The third kappa shape index (κ3) is 11.2. The van der Waals surface area contributed by atoms with Crippen molar-refractivity contribution >= 4 is 23.9 Å². The summed E-state index contributed by atoms with van der Waals surface area (Å²) in [6.45, 7) is 10.3. The Kier molecular flexibility index (Phi) is 13.3. The molecule has 0 bridgehead atoms. The maximum atomic E-state index is 9.77. The number of hydrogen-bond acceptors (Lipinski definition) is 5. The van der Waals surface area contributed by atoms with Crippen molar-refractivity contribution in [2.24, 2.45) is 4.99 Å². The third-order valence-corrected chi connectivity index (χ3v) is 4.86. The second kappa shape index (κ2) is 16.0. The molecule has 0 amide bonds. The maximum absolute atomic E-state index is 9.77. The number of allylic oxidation sites excluding steroid dienone is 4. The van der Waals surface area contributed by atoms with Gasteiger partial charge in [0.05, 0.1) is 12.0 Å². The lowest BCUT2D eigenvalue weighted by atomic mass is 10.1. The lowest BCUT2D eigenvalue weighted by molar-refractivity contribution is 0.110. The summed E-state index contributed by atoms with van der Waals surface area (Å²) in [6.07, 6.45) is 11.4. The number of nitrogen functional groups attached to an aromatic ring is 1. The molecule has 2 aromatic carbocycles. The molecule has 3 N–H and O–H groups in total. The van der Waals surface area contributed by atoms with E-state index in [1.807, 2.05) is 24.4 Å². The number of furan rings is 1. The van der Waals surface area contributed by atoms with Crippen LogP contribution in [-0.4, -0.2) is 24.2 Å². The Morgan fingerprint density at radius 3 is 2.09 bits per heavy atom. The minimum Gasteiger partial charge on any atom is -0.462 e. The molecule has 0 fully saturated rings. The van der Waals surface area contributed by atoms with Crippen LogP contribution in [0.5, 0.6) is 0 Å². The van der Waals surface area contributed by atoms with Crippen LogP contribution in [0.2, 0.25) is 0 Å². The predicted octanol–water partition coefficient (Wildman–Crippen LogP) is 6.87. The van der Waals surface area contributed by atoms with Crippen LogP contribution < -0.4 is 5.73 Å². The lowest BCUT2D eigenvalue weighted by Gasteiger charge is -2.00. The molecule has 3 aromatic rings. The third-order valence-electron chi connectivity index (χ3n) is 4.86. The minimum atomic E-state index is 0.250. The van der Waals surface area contributed by atoms with Gasteiger partial charge in [0.1, 0.15) is 0 Å². The van der Waals surface area contributed by atoms with Crippen LogP contribution in [-0.2, 0) is 0 Å². The first-order chi connectivity index (χ1) is 16.3. The number of rotatable bonds is 3. The number of nitrogens with zero attached hydrogens (tertiary/aromatic N) is 1. The summed E-state index contributed by atoms with van der Waals surface area (Å²) in [4.78, 5) is 14.2. The topological polar surface area (TPSA) is 88.8 Å². The van der Waals surface area contributed by atoms with Gasteiger partial charge < -0.3 is 15.3 Å². The highest BCUT2D eigenvalue weighted by molar-refractivity contribution is 5.82. The molecular formula is C29H36N2O3. The first-order valence-electron chi connectivity index (χ1n) is 11.2. The van der Waals surface area contributed by atoms with Gasteiger partial charge >= 0.3 is 0 Å². The highest BCUT2D eigenvalue weighted by Gasteiger charge is 1.96. The molecule has 1 aliphatic rings. The number of hydrogen-bond donors (Lipinski definition) is 2. The Labute approximate surface area is 203 Å². The zero-order valence-electron chi connectivity index (χ0n) is 20.8. The molecule has 0 saturated heterocycles. The molecule has 0 unspecified atom stereocenters. The van der Waals surface area contributed by atoms with Crippen molar-refractivity contribution in [1.82, 2.24) is 0 Å². The Morgan fingerprint density at radius 1 is 1.00 bits per heavy atom. The zero-order valence-corrected chi connectivity index (χ0v) is 20.8. The monoisotopic (exact) mass is 460 g/mol. The summed E-state index contributed by atoms with van der Waals surface area (Å²) in [5.74, 6) is 0.375. The molecule has 1 heterocycles. The SMILES string of the molecule is CCO.Cc1ccc(N)cc1C.Cc1ccc(N=CC2=CC=CC2)cc1C.O=Cc1ccco1. The second-order valence-electron chi connectivity index (χ2n) is 7.69. The van der Waals surface area contributed by atoms with Crippen LogP contribution >= 0.6 is 0 Å². The number of aliphatic imine (C=N–C) groups is 1. The fraction of sp³-hybridized carbons (Fsp3) is 0.241. The van der Waals surface area contributed by atoms with Crippen molar-refractivity contribution in [3.8, 4) is 0 Å². The van der Waals surface area contributed by atoms with E-state index in [2.05, 4.69) is 73.5 Å². The molecule has 5 heteroatoms. The molecule has 0 aliphatic heterocycles. The van der Waals surface area contributed by atoms with E-state index in [9.17, 15) is 4.79 Å². The molecule has 1 aromatic heterocycles. The van der Waals surface area contributed by atoms with Crippen LogP contribution in [0.4, 0.5) is 11.4 Å². The molecule has 34 heavy (non-hydrogen) atoms. The van der Waals surface area contributed by atoms with E-state index in [0.717, 1.165) is 17.8 Å². The van der Waals surface area contributed by atoms with Gasteiger partial charge in [-0.15, -0.1) is 0 Å². The Bertz CT molecular complexity index is 1090. The van der Waals surface area contributed by atoms with Crippen LogP contribution in [0.1, 0.15) is 46.2 Å². The van der Waals surface area contributed by atoms with Crippen molar-refractivity contribution in [2.45, 2.75) is 41.0 Å². The Morgan fingerprint density at radius 2 is 1.65 bits per heavy atom. The number of nitrogens with two attached hydrogens (primary N) is 1. The van der Waals surface area contributed by atoms with Crippen molar-refractivity contribution < 1.29 is 14.3 Å². The van der Waals surface area contributed by atoms with Gasteiger partial charge in [0.25, 0.3) is 0 Å². The quantitative estimate of drug-likeness (QED) is 0.254. The fourth-order valence-electron chi connectivity index (χ4n) is 2.65. The average Bonchev–Trinajstić information content (AvgIpc) is 3.53. The van der Waals surface area contributed by atoms with E-state index < -0.39 is 0 Å². The first kappa shape index (κ1) is 28.3. The second-order valence-corrected chi connectivity index (χ2v) is 7.69. The normalized spacial score (nSPS) is 11.4. The van der Waals surface area contributed by atoms with Crippen molar-refractivity contribution in [3.05, 3.63) is 107 Å². The molecule has 5 nitrogen and oxygen atoms in total. The van der Waals surface area contributed by atoms with E-state index in [1.165, 1.54) is 34.1 Å². The highest BCUT2D eigenvalue weighted by Crippen LogP contribution is 2.18. The van der Waals surface area contributed by atoms with Gasteiger partial charge in [-0.3, -0.25) is 9.79 Å². The summed E-state index contributed by atoms with van der Waals surface area (Å²) in [5, 5.41) is 7.57. The average molecular weight is 461 g/mol. The lowest BCUT2D eigenvalue weighted by Crippen LogP contribution is -1.86. The zero-order chi connectivity index (χ0) is 25.3. The van der Waals surface area contributed by atoms with E-state index in [4.69, 9.17) is 10.8 Å². The number of carbonyl (C=O) groups is 1. The van der Waals surface area contributed by atoms with Crippen molar-refractivity contribution in [3.63, 3.8) is 0 Å². The fourth-order valence-corrected chi connectivity index (χ4v) is 2.65. The van der Waals surface area contributed by atoms with Gasteiger partial charge in [-0.25, -0.2) is 0 Å². The molecule has 0 saturated carbocycles. The van der Waals surface area contributed by atoms with Gasteiger partial charge in [0.15, 0.2) is 12.0 Å². The molecule has 0 radical (unpaired) electrons. The molecule has 4 rings (SSSR count). The Balaban J connectivity index is 0.000000259. The molecule has 180 valence electrons. The van der Waals surface area contributed by atoms with Crippen molar-refractivity contribution in [2.75, 3.05) is 12.3 Å². The van der Waals surface area contributed by atoms with Gasteiger partial charge in [-0.05, 0) is 105 Å². The van der Waals surface area contributed by atoms with E-state index in [0.29, 0.717) is 12.0 Å². The number of carbonyl (C=O) groups excluding carboxylic acids is 1. The van der Waals surface area contributed by atoms with Gasteiger partial charge in [-0.1, -0.05) is 30.4 Å². The van der Waals surface area contributed by atoms with E-state index in [-0.39, 0.29) is 6.61 Å². The standard InChI is InChI=1S/C14H15N.C8H11N.C5H4O2.C2H6O/c1-11-7-8-14(9-12(11)2)15-10-13-5-3-4-6-13;1-6-3-4-8(9)5-7(6)2;6-4-5-2-1-3-7-5;1-2-3/h3-5,7-10H,6H2,1-2H3;3-5H,9H2,1-2H3;1-4H;3H,2H2,1H3. The predicted molar refractivity (Wildman–Crippen MR) is 143 cm³/mol. The van der Waals surface area contributed by atoms with Gasteiger partial charge in [-0.2, -0.15) is 0 Å². The van der Waals surface area contributed by atoms with Crippen molar-refractivity contribution in [1.29, 1.82) is 0 Å². The minimum absolute atomic E-state index is 0.250. The smallest absolute Gasteiger partial charge is 0.185 e. The molecule has 0 atom stereocenters. The van der Waals surface area contributed by atoms with Crippen LogP contribution in [0.3, 0.4) is 0 Å². The van der Waals surface area contributed by atoms with Crippen LogP contribution in [0.25, 0.3) is 0 Å². The summed E-state index contributed by atoms with van der Waals surface area (Å²) in [7, 11) is 0. The number of aldehydes is 1. The molecular weight excluding hydrogens is 424 g/mol. The van der Waals surface area contributed by atoms with E-state index in [1.54, 1.807) is 19.1 Å². The number of anilines is 1. The van der Waals surface area contributed by atoms with Crippen LogP contribution in [0, 0.1) is 27.7 Å². The summed E-state index contributed by atoms with van der Waals surface area (Å²) >= 11 is 0. The summed E-state index contributed by atoms with van der Waals surface area (Å²) in [5.41, 5.74) is 13.8. The maximum Gasteiger partial charge on any atom is 0.185 e. The first-order valence-corrected chi connectivity index (χ1v) is 11.2. The number of aliphatic hydroxyl groups is 1. The number of aliphatic hydroxyl groups excluding tert-OH is 1. The number of benzene rings is 2. The molecule has 1 aliphatic carbocycles. The molecule has 0 spiro atoms. The summed E-state index contributed by atoms with van der Waals surface area (Å²) in [6, 6.07) is 15.5.